The Hall–Kier alpha value is 1.55. The van der Waals surface area contributed by atoms with Crippen LogP contribution in [-0.2, 0) is 0 Å². The van der Waals surface area contributed by atoms with Crippen molar-refractivity contribution in [1.29, 1.82) is 0 Å². The van der Waals surface area contributed by atoms with Crippen molar-refractivity contribution in [3.05, 3.63) is 9.96 Å². The molecule has 0 aromatic heterocycles. The zero-order chi connectivity index (χ0) is 13.6. The fraction of sp³-hybridized carbons (Fsp3) is 1.00. The monoisotopic (exact) mass is 274 g/mol. The van der Waals surface area contributed by atoms with Gasteiger partial charge < -0.3 is 9.96 Å². The summed E-state index contributed by atoms with van der Waals surface area (Å²) in [7, 11) is -2.21. The van der Waals surface area contributed by atoms with Crippen LogP contribution in [0.3, 0.4) is 0 Å². The number of hydrogen-bond donors (Lipinski definition) is 0. The Morgan fingerprint density at radius 1 is 0.611 bits per heavy atom. The summed E-state index contributed by atoms with van der Waals surface area (Å²) >= 11 is 0. The van der Waals surface area contributed by atoms with E-state index in [0.717, 1.165) is 0 Å². The normalized spacial score (nSPS) is 11.3. The van der Waals surface area contributed by atoms with E-state index < -0.39 is 16.5 Å². The summed E-state index contributed by atoms with van der Waals surface area (Å²) in [6.07, 6.45) is 0. The van der Waals surface area contributed by atoms with Crippen LogP contribution in [0.5, 0.6) is 0 Å². The van der Waals surface area contributed by atoms with Crippen molar-refractivity contribution < 1.29 is 37.7 Å². The molecule has 18 heavy (non-hydrogen) atoms. The molecule has 0 aliphatic heterocycles. The maximum Gasteiger partial charge on any atom is 1.00 e. The minimum absolute atomic E-state index is 0. The Morgan fingerprint density at radius 2 is 0.833 bits per heavy atom. The smallest absolute Gasteiger partial charge is 0.668 e. The first-order chi connectivity index (χ1) is 6.83. The molecule has 0 saturated heterocycles. The molecule has 0 amide bonds. The molecule has 0 aromatic rings. The van der Waals surface area contributed by atoms with Gasteiger partial charge in [-0.1, -0.05) is 83.4 Å². The number of hydrogen-bond acceptors (Lipinski definition) is 0. The van der Waals surface area contributed by atoms with Crippen LogP contribution in [0.25, 0.3) is 9.96 Å². The van der Waals surface area contributed by atoms with Gasteiger partial charge in [0.05, 0.1) is 0 Å². The molecule has 100 valence electrons. The first-order valence-corrected chi connectivity index (χ1v) is 13.2. The van der Waals surface area contributed by atoms with Crippen LogP contribution >= 0.6 is 0 Å². The summed E-state index contributed by atoms with van der Waals surface area (Å²) in [5.41, 5.74) is 0. The van der Waals surface area contributed by atoms with E-state index in [2.05, 4.69) is 72.3 Å². The van der Waals surface area contributed by atoms with E-state index >= 15 is 0 Å². The van der Waals surface area contributed by atoms with Gasteiger partial charge in [0.1, 0.15) is 0 Å². The maximum atomic E-state index is 4.82. The third kappa shape index (κ3) is 36.0. The fourth-order valence-electron chi connectivity index (χ4n) is 1.60. The minimum Gasteiger partial charge on any atom is -0.668 e. The summed E-state index contributed by atoms with van der Waals surface area (Å²) in [6, 6.07) is 1.000. The number of rotatable bonds is 4. The molecular weight excluding hydrogens is 242 g/mol. The van der Waals surface area contributed by atoms with Crippen LogP contribution in [0.4, 0.5) is 0 Å². The third-order valence-electron chi connectivity index (χ3n) is 1.27. The van der Waals surface area contributed by atoms with Crippen molar-refractivity contribution in [3.63, 3.8) is 0 Å². The van der Waals surface area contributed by atoms with Gasteiger partial charge in [0.25, 0.3) is 0 Å². The summed E-state index contributed by atoms with van der Waals surface area (Å²) in [6.45, 7) is 22.2. The van der Waals surface area contributed by atoms with Crippen molar-refractivity contribution in [2.45, 2.75) is 79.1 Å². The molecule has 0 aliphatic carbocycles. The molecule has 6 heteroatoms. The van der Waals surface area contributed by atoms with E-state index in [1.165, 1.54) is 0 Å². The second kappa shape index (κ2) is 12.3. The molecule has 0 aliphatic rings. The second-order valence-electron chi connectivity index (χ2n) is 6.79. The Kier molecular flexibility index (Phi) is 19.0. The molecular formula is C12H32Li2N2Si2. The summed E-state index contributed by atoms with van der Waals surface area (Å²) < 4.78 is 4.82. The van der Waals surface area contributed by atoms with Crippen molar-refractivity contribution in [3.8, 4) is 0 Å². The average molecular weight is 274 g/mol. The zero-order valence-corrected chi connectivity index (χ0v) is 17.0. The Labute approximate surface area is 142 Å². The molecule has 0 unspecified atom stereocenters. The van der Waals surface area contributed by atoms with Gasteiger partial charge in [-0.25, -0.2) is 0 Å². The second-order valence-corrected chi connectivity index (χ2v) is 16.4. The van der Waals surface area contributed by atoms with Gasteiger partial charge in [-0.05, 0) is 0 Å². The molecule has 0 N–H and O–H groups in total. The fourth-order valence-corrected chi connectivity index (χ4v) is 9.65. The van der Waals surface area contributed by atoms with E-state index in [1.807, 2.05) is 0 Å². The van der Waals surface area contributed by atoms with Crippen molar-refractivity contribution >= 4 is 16.5 Å². The minimum atomic E-state index is -1.11. The number of nitrogens with zero attached hydrogens (tertiary/aromatic N) is 2. The van der Waals surface area contributed by atoms with E-state index in [0.29, 0.717) is 12.1 Å². The zero-order valence-electron chi connectivity index (χ0n) is 15.0. The van der Waals surface area contributed by atoms with Crippen LogP contribution in [-0.4, -0.2) is 28.6 Å². The molecule has 2 nitrogen and oxygen atoms in total. The largest absolute Gasteiger partial charge is 1.00 e. The predicted molar refractivity (Wildman–Crippen MR) is 83.7 cm³/mol. The van der Waals surface area contributed by atoms with Crippen LogP contribution < -0.4 is 37.7 Å². The van der Waals surface area contributed by atoms with Gasteiger partial charge in [-0.15, -0.1) is 12.1 Å². The molecule has 0 saturated carbocycles. The Balaban J connectivity index is -0.000000100. The third-order valence-corrected chi connectivity index (χ3v) is 6.63. The van der Waals surface area contributed by atoms with Gasteiger partial charge in [0, 0.05) is 0 Å². The average Bonchev–Trinajstić information content (AvgIpc) is 1.72. The summed E-state index contributed by atoms with van der Waals surface area (Å²) in [4.78, 5) is 0. The SMILES string of the molecule is CC(C)[N-]C(C)C.C[Si](C)(C)[N-][Si](C)(C)C.[Li+].[Li+]. The maximum absolute atomic E-state index is 4.82. The van der Waals surface area contributed by atoms with Gasteiger partial charge in [-0.3, -0.25) is 0 Å². The van der Waals surface area contributed by atoms with Crippen LogP contribution in [0.15, 0.2) is 0 Å². The quantitative estimate of drug-likeness (QED) is 0.602. The van der Waals surface area contributed by atoms with Crippen LogP contribution in [0, 0.1) is 0 Å². The predicted octanol–water partition coefficient (Wildman–Crippen LogP) is -0.785. The molecule has 0 bridgehead atoms. The summed E-state index contributed by atoms with van der Waals surface area (Å²) in [5, 5.41) is 4.28. The molecule has 0 fully saturated rings. The van der Waals surface area contributed by atoms with Gasteiger partial charge in [-0.2, -0.15) is 0 Å². The molecule has 0 radical (unpaired) electrons. The molecule has 0 spiro atoms. The molecule has 0 aromatic carbocycles. The molecule has 0 heterocycles. The van der Waals surface area contributed by atoms with Crippen molar-refractivity contribution in [2.75, 3.05) is 0 Å². The first kappa shape index (κ1) is 27.8. The van der Waals surface area contributed by atoms with Gasteiger partial charge >= 0.3 is 37.7 Å². The molecule has 0 rings (SSSR count). The Bertz CT molecular complexity index is 158. The topological polar surface area (TPSA) is 28.2 Å². The summed E-state index contributed by atoms with van der Waals surface area (Å²) in [5.74, 6) is 0. The van der Waals surface area contributed by atoms with Gasteiger partial charge in [0.15, 0.2) is 0 Å². The van der Waals surface area contributed by atoms with E-state index in [1.54, 1.807) is 0 Å². The van der Waals surface area contributed by atoms with Crippen LogP contribution in [0.2, 0.25) is 39.3 Å². The van der Waals surface area contributed by atoms with E-state index in [-0.39, 0.29) is 37.7 Å². The van der Waals surface area contributed by atoms with E-state index in [9.17, 15) is 0 Å². The Morgan fingerprint density at radius 3 is 0.833 bits per heavy atom. The van der Waals surface area contributed by atoms with Crippen LogP contribution in [0.1, 0.15) is 27.7 Å². The molecule has 0 atom stereocenters. The van der Waals surface area contributed by atoms with Crippen molar-refractivity contribution in [1.82, 2.24) is 0 Å². The standard InChI is InChI=1S/C6H18NSi2.C6H14N.2Li/c1-8(2,3)7-9(4,5)6;1-5(2)7-6(3)4;;/h1-6H3;5-6H,1-4H3;;/q2*-1;2*+1. The van der Waals surface area contributed by atoms with Crippen molar-refractivity contribution in [2.24, 2.45) is 0 Å². The first-order valence-electron chi connectivity index (χ1n) is 6.27. The van der Waals surface area contributed by atoms with E-state index in [4.69, 9.17) is 4.65 Å². The van der Waals surface area contributed by atoms with Gasteiger partial charge in [0.2, 0.25) is 0 Å².